The van der Waals surface area contributed by atoms with Crippen LogP contribution in [0.5, 0.6) is 5.75 Å². The predicted molar refractivity (Wildman–Crippen MR) is 372 cm³/mol. The maximum Gasteiger partial charge on any atom is 0.490 e. The molecule has 544 valence electrons. The molecule has 8 N–H and O–H groups in total. The number of nitrogens with zero attached hydrogens (tertiary/aromatic N) is 10. The van der Waals surface area contributed by atoms with Crippen LogP contribution >= 0.6 is 34.8 Å². The van der Waals surface area contributed by atoms with Gasteiger partial charge in [0, 0.05) is 108 Å². The summed E-state index contributed by atoms with van der Waals surface area (Å²) >= 11 is 1.40. The molecule has 103 heavy (non-hydrogen) atoms. The number of nitrogens with two attached hydrogens (primary N) is 1. The number of aromatic nitrogens is 2. The van der Waals surface area contributed by atoms with E-state index in [0.717, 1.165) is 76.3 Å². The molecule has 6 heterocycles. The summed E-state index contributed by atoms with van der Waals surface area (Å²) < 4.78 is 83.5. The van der Waals surface area contributed by atoms with Gasteiger partial charge in [-0.15, -0.1) is 11.3 Å². The van der Waals surface area contributed by atoms with Gasteiger partial charge in [0.05, 0.1) is 53.9 Å². The first-order chi connectivity index (χ1) is 49.4. The van der Waals surface area contributed by atoms with Crippen LogP contribution in [-0.2, 0) is 68.2 Å². The first-order valence-electron chi connectivity index (χ1n) is 32.1. The second-order valence-electron chi connectivity index (χ2n) is 23.5. The topological polar surface area (TPSA) is 493 Å². The van der Waals surface area contributed by atoms with E-state index in [1.54, 1.807) is 42.3 Å². The summed E-state index contributed by atoms with van der Waals surface area (Å²) in [5.41, 5.74) is 29.5. The highest BCUT2D eigenvalue weighted by molar-refractivity contribution is 7.66. The molecule has 0 aliphatic carbocycles. The second-order valence-corrected chi connectivity index (χ2v) is 29.0. The van der Waals surface area contributed by atoms with Crippen molar-refractivity contribution in [2.45, 2.75) is 82.5 Å². The van der Waals surface area contributed by atoms with Gasteiger partial charge in [0.2, 0.25) is 5.91 Å². The average molecular weight is 1500 g/mol. The first kappa shape index (κ1) is 76.5. The summed E-state index contributed by atoms with van der Waals surface area (Å²) in [7, 11) is -15.4. The van der Waals surface area contributed by atoms with E-state index < -0.39 is 91.1 Å². The van der Waals surface area contributed by atoms with Crippen LogP contribution in [-0.4, -0.2) is 156 Å². The van der Waals surface area contributed by atoms with Gasteiger partial charge in [0.25, 0.3) is 17.4 Å². The van der Waals surface area contributed by atoms with Gasteiger partial charge in [-0.25, -0.2) is 23.5 Å². The normalized spacial score (nSPS) is 16.9. The number of Topliss-reactive ketones (excluding diaryl/α,β-unsaturated/α-hetero) is 1. The summed E-state index contributed by atoms with van der Waals surface area (Å²) in [6, 6.07) is 24.3. The van der Waals surface area contributed by atoms with E-state index in [4.69, 9.17) is 54.1 Å². The molecule has 0 saturated carbocycles. The number of nitrogens with one attached hydrogen (secondary N) is 2. The van der Waals surface area contributed by atoms with Crippen molar-refractivity contribution >= 4 is 90.9 Å². The zero-order valence-electron chi connectivity index (χ0n) is 55.0. The number of hydrogen-bond donors (Lipinski definition) is 7. The Hall–Kier alpha value is -9.16. The number of hydrogen-bond acceptors (Lipinski definition) is 24. The molecular weight excluding hydrogens is 1430 g/mol. The highest BCUT2D eigenvalue weighted by atomic mass is 32.1. The van der Waals surface area contributed by atoms with E-state index in [1.165, 1.54) is 29.2 Å². The molecule has 6 unspecified atom stereocenters. The minimum atomic E-state index is -5.85. The Kier molecular flexibility index (Phi) is 25.9. The maximum absolute atomic E-state index is 14.6. The van der Waals surface area contributed by atoms with Crippen LogP contribution in [0.2, 0.25) is 0 Å². The van der Waals surface area contributed by atoms with Crippen molar-refractivity contribution < 1.29 is 93.7 Å². The van der Waals surface area contributed by atoms with E-state index in [9.17, 15) is 57.8 Å². The van der Waals surface area contributed by atoms with Gasteiger partial charge in [-0.1, -0.05) is 58.5 Å². The molecule has 0 spiro atoms. The molecule has 0 bridgehead atoms. The summed E-state index contributed by atoms with van der Waals surface area (Å²) in [6.45, 7) is -0.389. The number of fused-ring (bicyclic) bond motifs is 3. The first-order valence-corrected chi connectivity index (χ1v) is 37.4. The predicted octanol–water partition coefficient (Wildman–Crippen LogP) is 8.31. The van der Waals surface area contributed by atoms with Crippen LogP contribution in [0.3, 0.4) is 0 Å². The number of aryl methyl sites for hydroxylation is 2. The minimum Gasteiger partial charge on any atom is -0.491 e. The molecule has 6 atom stereocenters. The fraction of sp³-hybridized carbons (Fsp3) is 0.391. The van der Waals surface area contributed by atoms with Crippen molar-refractivity contribution in [1.82, 2.24) is 25.1 Å². The van der Waals surface area contributed by atoms with Crippen LogP contribution in [0, 0.1) is 11.8 Å². The van der Waals surface area contributed by atoms with Crippen LogP contribution in [0.25, 0.3) is 63.8 Å². The summed E-state index contributed by atoms with van der Waals surface area (Å²) in [5.74, 6) is 4.30. The Morgan fingerprint density at radius 3 is 2.48 bits per heavy atom. The summed E-state index contributed by atoms with van der Waals surface area (Å²) in [4.78, 5) is 132. The minimum absolute atomic E-state index is 0.0380. The smallest absolute Gasteiger partial charge is 0.490 e. The van der Waals surface area contributed by atoms with Gasteiger partial charge in [-0.3, -0.25) is 33.1 Å². The third-order valence-electron chi connectivity index (χ3n) is 16.4. The lowest BCUT2D eigenvalue weighted by Crippen LogP contribution is -2.34. The Morgan fingerprint density at radius 2 is 1.69 bits per heavy atom. The number of thiazole rings is 1. The van der Waals surface area contributed by atoms with Crippen molar-refractivity contribution in [3.8, 4) is 39.3 Å². The van der Waals surface area contributed by atoms with E-state index in [1.807, 2.05) is 36.4 Å². The Bertz CT molecular complexity index is 4760. The largest absolute Gasteiger partial charge is 0.491 e. The van der Waals surface area contributed by atoms with Crippen molar-refractivity contribution in [3.05, 3.63) is 161 Å². The Balaban J connectivity index is 0.636. The van der Waals surface area contributed by atoms with Crippen LogP contribution in [0.1, 0.15) is 88.6 Å². The standard InChI is InChI=1S/C64H70N13O22P3S/c1-75(63(82)45-19-3-2-18-44(45)57-47-31-39-14-9-26-76-27-11-20-46(59(39)76)60(47)97-64(83)58(57)62-71-49-21-4-5-22-52(49)103-62)25-10-16-42(78)15-8-24-69-61(81)40-12-6-17-43(30-40)93-37-54(72-74-67)92-29-28-91-36-53(79)68-23-7-13-41-34-77(55(80)32-48(41)65)56-33-50(94-38-70-73-66)51(96-56)35-95-101(87,88)99-102(89,90)98-100(84,85)86/h2-6,12,17-19,21-22,30-32,34,50-51,54,56H,8-11,14-16,20,23-29,33,35-38,65H2,1H3,(H,68,79)(H,69,81)(H,87,88)(H,89,90)(H2,84,85,86). The fourth-order valence-corrected chi connectivity index (χ4v) is 15.9. The van der Waals surface area contributed by atoms with Gasteiger partial charge < -0.3 is 73.8 Å². The molecule has 1 fully saturated rings. The summed E-state index contributed by atoms with van der Waals surface area (Å²) in [6.07, 6.45) is 0.855. The van der Waals surface area contributed by atoms with Crippen molar-refractivity contribution in [3.63, 3.8) is 0 Å². The van der Waals surface area contributed by atoms with Gasteiger partial charge >= 0.3 is 29.1 Å². The number of phosphoric acid groups is 3. The molecular formula is C64H70N13O22P3S. The van der Waals surface area contributed by atoms with E-state index >= 15 is 0 Å². The highest BCUT2D eigenvalue weighted by Gasteiger charge is 2.44. The van der Waals surface area contributed by atoms with E-state index in [-0.39, 0.29) is 93.0 Å². The van der Waals surface area contributed by atoms with E-state index in [0.29, 0.717) is 45.7 Å². The summed E-state index contributed by atoms with van der Waals surface area (Å²) in [5, 5.41) is 13.4. The molecule has 35 nitrogen and oxygen atoms in total. The number of amides is 3. The fourth-order valence-electron chi connectivity index (χ4n) is 11.9. The number of azide groups is 2. The molecule has 3 aromatic heterocycles. The molecule has 1 saturated heterocycles. The van der Waals surface area contributed by atoms with Gasteiger partial charge in [-0.05, 0) is 103 Å². The number of ether oxygens (including phenoxy) is 5. The number of carbonyl (C=O) groups excluding carboxylic acids is 4. The molecule has 39 heteroatoms. The molecule has 3 aliphatic rings. The lowest BCUT2D eigenvalue weighted by atomic mass is 9.86. The van der Waals surface area contributed by atoms with Crippen molar-refractivity contribution in [1.29, 1.82) is 0 Å². The molecule has 0 radical (unpaired) electrons. The quantitative estimate of drug-likeness (QED) is 0.00379. The number of carbonyl (C=O) groups is 4. The van der Waals surface area contributed by atoms with Crippen LogP contribution < -0.4 is 37.2 Å². The lowest BCUT2D eigenvalue weighted by molar-refractivity contribution is -0.126. The van der Waals surface area contributed by atoms with Gasteiger partial charge in [-0.2, -0.15) is 8.62 Å². The number of benzene rings is 4. The maximum atomic E-state index is 14.6. The number of ketones is 1. The van der Waals surface area contributed by atoms with Crippen molar-refractivity contribution in [2.24, 2.45) is 10.2 Å². The number of anilines is 2. The van der Waals surface area contributed by atoms with E-state index in [2.05, 4.69) is 66.6 Å². The lowest BCUT2D eigenvalue weighted by Gasteiger charge is -2.37. The number of nitrogen functional groups attached to an aromatic ring is 1. The monoisotopic (exact) mass is 1500 g/mol. The van der Waals surface area contributed by atoms with Crippen molar-refractivity contribution in [2.75, 3.05) is 90.2 Å². The molecule has 3 amide bonds. The third kappa shape index (κ3) is 20.4. The second kappa shape index (κ2) is 34.9. The SMILES string of the molecule is CN(CCCC(=O)CCCNC(=O)c1cccc(OCC(N=[N+]=[N-])OCCOCC(=O)NCC#Cc2cn(C3CC(OCN=[N+]=[N-])C(COP(=O)(O)OP(=O)(O)OP(=O)(O)O)O3)c(=O)cc2N)c1)C(=O)c1ccccc1-c1c(-c2nc3ccccc3s2)c(=O)oc2c3c4c(cc12)CCCN4CCC3. The molecule has 4 aromatic carbocycles. The molecule has 10 rings (SSSR count). The average Bonchev–Trinajstić information content (AvgIpc) is 1.43. The third-order valence-corrected chi connectivity index (χ3v) is 21.3. The Labute approximate surface area is 589 Å². The molecule has 3 aliphatic heterocycles. The zero-order valence-corrected chi connectivity index (χ0v) is 58.5. The number of rotatable bonds is 34. The van der Waals surface area contributed by atoms with Crippen LogP contribution in [0.15, 0.2) is 115 Å². The van der Waals surface area contributed by atoms with Gasteiger partial charge in [0.1, 0.15) is 60.0 Å². The number of para-hydroxylation sites is 1. The zero-order chi connectivity index (χ0) is 73.4. The Morgan fingerprint density at radius 1 is 0.913 bits per heavy atom. The highest BCUT2D eigenvalue weighted by Crippen LogP contribution is 2.66. The van der Waals surface area contributed by atoms with Crippen LogP contribution in [0.4, 0.5) is 11.4 Å². The molecule has 7 aromatic rings. The number of phosphoric ester groups is 1. The number of pyridine rings is 1. The van der Waals surface area contributed by atoms with Gasteiger partial charge in [0.15, 0.2) is 6.23 Å².